The highest BCUT2D eigenvalue weighted by Gasteiger charge is 2.13. The van der Waals surface area contributed by atoms with Crippen LogP contribution in [0.25, 0.3) is 0 Å². The number of carbonyl (C=O) groups is 1. The van der Waals surface area contributed by atoms with Gasteiger partial charge in [-0.05, 0) is 17.7 Å². The number of nitro groups is 1. The highest BCUT2D eigenvalue weighted by molar-refractivity contribution is 7.15. The normalized spacial score (nSPS) is 10.7. The zero-order valence-electron chi connectivity index (χ0n) is 13.1. The SMILES string of the molecule is O=C(Cn1cc([N+](=O)[O-])cn1)Nc1ncc(Cc2ccc(Cl)c(Cl)c2)s1. The van der Waals surface area contributed by atoms with Crippen LogP contribution >= 0.6 is 34.5 Å². The first kappa shape index (κ1) is 18.3. The van der Waals surface area contributed by atoms with Crippen molar-refractivity contribution >= 4 is 51.3 Å². The van der Waals surface area contributed by atoms with Crippen molar-refractivity contribution in [1.82, 2.24) is 14.8 Å². The summed E-state index contributed by atoms with van der Waals surface area (Å²) in [7, 11) is 0. The molecular formula is C15H11Cl2N5O3S. The summed E-state index contributed by atoms with van der Waals surface area (Å²) in [5, 5.41) is 18.4. The number of anilines is 1. The van der Waals surface area contributed by atoms with E-state index in [0.717, 1.165) is 16.6 Å². The van der Waals surface area contributed by atoms with Gasteiger partial charge in [-0.25, -0.2) is 4.98 Å². The number of nitrogens with zero attached hydrogens (tertiary/aromatic N) is 4. The van der Waals surface area contributed by atoms with Gasteiger partial charge in [0, 0.05) is 17.5 Å². The fourth-order valence-corrected chi connectivity index (χ4v) is 3.32. The van der Waals surface area contributed by atoms with Crippen LogP contribution in [0.5, 0.6) is 0 Å². The Balaban J connectivity index is 1.59. The highest BCUT2D eigenvalue weighted by atomic mass is 35.5. The first-order valence-corrected chi connectivity index (χ1v) is 8.83. The van der Waals surface area contributed by atoms with Crippen LogP contribution in [-0.2, 0) is 17.8 Å². The number of rotatable bonds is 6. The molecule has 2 aromatic heterocycles. The van der Waals surface area contributed by atoms with E-state index in [-0.39, 0.29) is 18.1 Å². The Morgan fingerprint density at radius 1 is 1.31 bits per heavy atom. The summed E-state index contributed by atoms with van der Waals surface area (Å²) < 4.78 is 1.19. The molecule has 0 atom stereocenters. The molecule has 11 heteroatoms. The fourth-order valence-electron chi connectivity index (χ4n) is 2.14. The Morgan fingerprint density at radius 2 is 2.12 bits per heavy atom. The largest absolute Gasteiger partial charge is 0.307 e. The monoisotopic (exact) mass is 411 g/mol. The van der Waals surface area contributed by atoms with Crippen molar-refractivity contribution < 1.29 is 9.72 Å². The van der Waals surface area contributed by atoms with Gasteiger partial charge in [0.25, 0.3) is 0 Å². The number of carbonyl (C=O) groups excluding carboxylic acids is 1. The van der Waals surface area contributed by atoms with Gasteiger partial charge in [-0.15, -0.1) is 11.3 Å². The third-order valence-electron chi connectivity index (χ3n) is 3.30. The van der Waals surface area contributed by atoms with Gasteiger partial charge in [0.2, 0.25) is 5.91 Å². The van der Waals surface area contributed by atoms with Crippen molar-refractivity contribution in [3.05, 3.63) is 67.4 Å². The van der Waals surface area contributed by atoms with Crippen molar-refractivity contribution in [2.45, 2.75) is 13.0 Å². The lowest BCUT2D eigenvalue weighted by molar-refractivity contribution is -0.385. The summed E-state index contributed by atoms with van der Waals surface area (Å²) >= 11 is 13.2. The van der Waals surface area contributed by atoms with Gasteiger partial charge < -0.3 is 5.32 Å². The molecule has 0 aliphatic carbocycles. The predicted molar refractivity (Wildman–Crippen MR) is 98.9 cm³/mol. The maximum atomic E-state index is 12.0. The van der Waals surface area contributed by atoms with Crippen LogP contribution in [-0.4, -0.2) is 25.6 Å². The maximum absolute atomic E-state index is 12.0. The van der Waals surface area contributed by atoms with Gasteiger partial charge in [0.15, 0.2) is 5.13 Å². The number of benzene rings is 1. The predicted octanol–water partition coefficient (Wildman–Crippen LogP) is 3.78. The van der Waals surface area contributed by atoms with Gasteiger partial charge in [-0.2, -0.15) is 5.10 Å². The third kappa shape index (κ3) is 4.57. The number of hydrogen-bond acceptors (Lipinski definition) is 6. The van der Waals surface area contributed by atoms with Crippen molar-refractivity contribution in [2.24, 2.45) is 0 Å². The Labute approximate surface area is 161 Å². The van der Waals surface area contributed by atoms with E-state index in [1.165, 1.54) is 22.2 Å². The number of hydrogen-bond donors (Lipinski definition) is 1. The summed E-state index contributed by atoms with van der Waals surface area (Å²) in [6.45, 7) is -0.143. The molecule has 0 spiro atoms. The minimum Gasteiger partial charge on any atom is -0.300 e. The van der Waals surface area contributed by atoms with E-state index in [2.05, 4.69) is 15.4 Å². The summed E-state index contributed by atoms with van der Waals surface area (Å²) in [4.78, 5) is 27.1. The van der Waals surface area contributed by atoms with Crippen LogP contribution in [0.15, 0.2) is 36.8 Å². The minimum absolute atomic E-state index is 0.143. The van der Waals surface area contributed by atoms with Gasteiger partial charge >= 0.3 is 5.69 Å². The van der Waals surface area contributed by atoms with E-state index >= 15 is 0 Å². The van der Waals surface area contributed by atoms with E-state index in [0.29, 0.717) is 21.6 Å². The fraction of sp³-hybridized carbons (Fsp3) is 0.133. The van der Waals surface area contributed by atoms with Gasteiger partial charge in [0.1, 0.15) is 18.9 Å². The molecule has 8 nitrogen and oxygen atoms in total. The number of thiazole rings is 1. The summed E-state index contributed by atoms with van der Waals surface area (Å²) in [5.41, 5.74) is 0.806. The molecule has 0 fully saturated rings. The molecule has 0 aliphatic rings. The Hall–Kier alpha value is -2.49. The smallest absolute Gasteiger partial charge is 0.300 e. The van der Waals surface area contributed by atoms with Gasteiger partial charge in [0.05, 0.1) is 15.0 Å². The van der Waals surface area contributed by atoms with Crippen LogP contribution in [0.3, 0.4) is 0 Å². The number of nitrogens with one attached hydrogen (secondary N) is 1. The van der Waals surface area contributed by atoms with E-state index in [4.69, 9.17) is 23.2 Å². The van der Waals surface area contributed by atoms with Gasteiger partial charge in [-0.1, -0.05) is 29.3 Å². The molecule has 1 N–H and O–H groups in total. The van der Waals surface area contributed by atoms with E-state index in [1.54, 1.807) is 18.3 Å². The van der Waals surface area contributed by atoms with Crippen molar-refractivity contribution in [3.8, 4) is 0 Å². The molecule has 3 rings (SSSR count). The average Bonchev–Trinajstić information content (AvgIpc) is 3.21. The quantitative estimate of drug-likeness (QED) is 0.490. The molecule has 0 aliphatic heterocycles. The van der Waals surface area contributed by atoms with E-state index in [1.807, 2.05) is 6.07 Å². The topological polar surface area (TPSA) is 103 Å². The summed E-state index contributed by atoms with van der Waals surface area (Å²) in [5.74, 6) is -0.376. The Bertz CT molecular complexity index is 972. The Kier molecular flexibility index (Phi) is 5.50. The molecule has 134 valence electrons. The first-order chi connectivity index (χ1) is 12.4. The second-order valence-electron chi connectivity index (χ2n) is 5.26. The third-order valence-corrected chi connectivity index (χ3v) is 4.95. The molecule has 0 saturated heterocycles. The lowest BCUT2D eigenvalue weighted by Gasteiger charge is -2.02. The zero-order valence-corrected chi connectivity index (χ0v) is 15.4. The van der Waals surface area contributed by atoms with Crippen LogP contribution in [0, 0.1) is 10.1 Å². The maximum Gasteiger partial charge on any atom is 0.307 e. The van der Waals surface area contributed by atoms with Crippen LogP contribution in [0.4, 0.5) is 10.8 Å². The lowest BCUT2D eigenvalue weighted by atomic mass is 10.1. The highest BCUT2D eigenvalue weighted by Crippen LogP contribution is 2.26. The molecular weight excluding hydrogens is 401 g/mol. The molecule has 1 amide bonds. The minimum atomic E-state index is -0.572. The van der Waals surface area contributed by atoms with Crippen molar-refractivity contribution in [1.29, 1.82) is 0 Å². The van der Waals surface area contributed by atoms with E-state index in [9.17, 15) is 14.9 Å². The second kappa shape index (κ2) is 7.81. The summed E-state index contributed by atoms with van der Waals surface area (Å²) in [6, 6.07) is 5.38. The number of halogens is 2. The van der Waals surface area contributed by atoms with Crippen LogP contribution < -0.4 is 5.32 Å². The average molecular weight is 412 g/mol. The van der Waals surface area contributed by atoms with Crippen molar-refractivity contribution in [3.63, 3.8) is 0 Å². The number of amides is 1. The van der Waals surface area contributed by atoms with Crippen molar-refractivity contribution in [2.75, 3.05) is 5.32 Å². The first-order valence-electron chi connectivity index (χ1n) is 7.26. The molecule has 0 radical (unpaired) electrons. The van der Waals surface area contributed by atoms with Crippen LogP contribution in [0.2, 0.25) is 10.0 Å². The molecule has 3 aromatic rings. The second-order valence-corrected chi connectivity index (χ2v) is 7.19. The zero-order chi connectivity index (χ0) is 18.7. The van der Waals surface area contributed by atoms with Gasteiger partial charge in [-0.3, -0.25) is 19.6 Å². The molecule has 26 heavy (non-hydrogen) atoms. The molecule has 0 saturated carbocycles. The molecule has 0 unspecified atom stereocenters. The Morgan fingerprint density at radius 3 is 2.81 bits per heavy atom. The standard InChI is InChI=1S/C15H11Cl2N5O3S/c16-12-2-1-9(4-13(12)17)3-11-6-18-15(26-11)20-14(23)8-21-7-10(5-19-21)22(24)25/h1-2,4-7H,3,8H2,(H,18,20,23). The number of aromatic nitrogens is 3. The molecule has 1 aromatic carbocycles. The van der Waals surface area contributed by atoms with Crippen LogP contribution in [0.1, 0.15) is 10.4 Å². The van der Waals surface area contributed by atoms with E-state index < -0.39 is 4.92 Å². The molecule has 2 heterocycles. The summed E-state index contributed by atoms with van der Waals surface area (Å²) in [6.07, 6.45) is 4.56. The molecule has 0 bridgehead atoms. The lowest BCUT2D eigenvalue weighted by Crippen LogP contribution is -2.18.